The minimum Gasteiger partial charge on any atom is -0.273 e. The van der Waals surface area contributed by atoms with Crippen molar-refractivity contribution in [3.05, 3.63) is 28.2 Å². The van der Waals surface area contributed by atoms with Gasteiger partial charge < -0.3 is 0 Å². The maximum absolute atomic E-state index is 12.0. The SMILES string of the molecule is C[C@H]1C(=O)N(c2c(Cl)cccc2Cl)C(=O)C[S@]1=O. The molecule has 1 saturated heterocycles. The first-order valence-corrected chi connectivity index (χ1v) is 7.25. The molecule has 0 N–H and O–H groups in total. The summed E-state index contributed by atoms with van der Waals surface area (Å²) in [6.07, 6.45) is 0. The van der Waals surface area contributed by atoms with Crippen LogP contribution in [0.3, 0.4) is 0 Å². The van der Waals surface area contributed by atoms with E-state index in [1.807, 2.05) is 0 Å². The van der Waals surface area contributed by atoms with Crippen molar-refractivity contribution in [3.63, 3.8) is 0 Å². The molecule has 1 aliphatic rings. The van der Waals surface area contributed by atoms with Gasteiger partial charge in [0.1, 0.15) is 11.0 Å². The third-order valence-corrected chi connectivity index (χ3v) is 4.77. The van der Waals surface area contributed by atoms with Crippen LogP contribution in [0, 0.1) is 0 Å². The van der Waals surface area contributed by atoms with Crippen LogP contribution in [-0.4, -0.2) is 27.0 Å². The number of rotatable bonds is 1. The smallest absolute Gasteiger partial charge is 0.249 e. The molecule has 0 bridgehead atoms. The average Bonchev–Trinajstić information content (AvgIpc) is 2.30. The van der Waals surface area contributed by atoms with Crippen LogP contribution in [0.1, 0.15) is 6.92 Å². The van der Waals surface area contributed by atoms with Gasteiger partial charge in [-0.05, 0) is 19.1 Å². The molecular formula is C11H9Cl2NO3S. The van der Waals surface area contributed by atoms with Gasteiger partial charge in [-0.15, -0.1) is 0 Å². The van der Waals surface area contributed by atoms with E-state index < -0.39 is 27.9 Å². The third kappa shape index (κ3) is 2.18. The summed E-state index contributed by atoms with van der Waals surface area (Å²) < 4.78 is 11.5. The Kier molecular flexibility index (Phi) is 3.75. The predicted molar refractivity (Wildman–Crippen MR) is 71.4 cm³/mol. The lowest BCUT2D eigenvalue weighted by molar-refractivity contribution is -0.125. The second-order valence-corrected chi connectivity index (χ2v) is 6.38. The molecule has 1 heterocycles. The van der Waals surface area contributed by atoms with Crippen LogP contribution in [0.25, 0.3) is 0 Å². The van der Waals surface area contributed by atoms with Crippen molar-refractivity contribution >= 4 is 51.5 Å². The molecule has 1 aromatic carbocycles. The summed E-state index contributed by atoms with van der Waals surface area (Å²) >= 11 is 11.9. The highest BCUT2D eigenvalue weighted by atomic mass is 35.5. The molecule has 1 aromatic rings. The van der Waals surface area contributed by atoms with Crippen molar-refractivity contribution in [1.29, 1.82) is 0 Å². The molecule has 0 unspecified atom stereocenters. The fraction of sp³-hybridized carbons (Fsp3) is 0.273. The Labute approximate surface area is 116 Å². The fourth-order valence-corrected chi connectivity index (χ4v) is 3.19. The maximum Gasteiger partial charge on any atom is 0.249 e. The molecule has 96 valence electrons. The highest BCUT2D eigenvalue weighted by Crippen LogP contribution is 2.35. The minimum absolute atomic E-state index is 0.166. The molecule has 4 nitrogen and oxygen atoms in total. The number of benzene rings is 1. The van der Waals surface area contributed by atoms with E-state index in [4.69, 9.17) is 23.2 Å². The second-order valence-electron chi connectivity index (χ2n) is 3.80. The zero-order valence-corrected chi connectivity index (χ0v) is 11.7. The number of anilines is 1. The summed E-state index contributed by atoms with van der Waals surface area (Å²) in [5.74, 6) is -1.29. The summed E-state index contributed by atoms with van der Waals surface area (Å²) in [6, 6.07) is 4.70. The largest absolute Gasteiger partial charge is 0.273 e. The van der Waals surface area contributed by atoms with Crippen LogP contribution in [0.4, 0.5) is 5.69 Å². The average molecular weight is 306 g/mol. The van der Waals surface area contributed by atoms with Crippen molar-refractivity contribution in [2.75, 3.05) is 10.7 Å². The van der Waals surface area contributed by atoms with Crippen molar-refractivity contribution in [3.8, 4) is 0 Å². The zero-order chi connectivity index (χ0) is 13.4. The summed E-state index contributed by atoms with van der Waals surface area (Å²) in [5, 5.41) is -0.316. The van der Waals surface area contributed by atoms with Gasteiger partial charge in [-0.3, -0.25) is 13.8 Å². The number of para-hydroxylation sites is 1. The van der Waals surface area contributed by atoms with Gasteiger partial charge in [0.05, 0.1) is 15.7 Å². The van der Waals surface area contributed by atoms with E-state index in [0.717, 1.165) is 4.90 Å². The molecule has 0 aliphatic carbocycles. The fourth-order valence-electron chi connectivity index (χ4n) is 1.67. The minimum atomic E-state index is -1.48. The Bertz CT molecular complexity index is 541. The van der Waals surface area contributed by atoms with E-state index in [-0.39, 0.29) is 21.5 Å². The molecular weight excluding hydrogens is 297 g/mol. The lowest BCUT2D eigenvalue weighted by atomic mass is 10.2. The zero-order valence-electron chi connectivity index (χ0n) is 9.35. The van der Waals surface area contributed by atoms with Crippen LogP contribution in [0.5, 0.6) is 0 Å². The van der Waals surface area contributed by atoms with Crippen LogP contribution >= 0.6 is 23.2 Å². The van der Waals surface area contributed by atoms with Crippen LogP contribution in [0.15, 0.2) is 18.2 Å². The van der Waals surface area contributed by atoms with Gasteiger partial charge in [-0.2, -0.15) is 0 Å². The van der Waals surface area contributed by atoms with Crippen LogP contribution in [0.2, 0.25) is 10.0 Å². The molecule has 7 heteroatoms. The van der Waals surface area contributed by atoms with E-state index in [1.54, 1.807) is 18.2 Å². The van der Waals surface area contributed by atoms with Crippen LogP contribution in [-0.2, 0) is 20.4 Å². The number of carbonyl (C=O) groups is 2. The topological polar surface area (TPSA) is 54.5 Å². The van der Waals surface area contributed by atoms with Crippen molar-refractivity contribution in [2.24, 2.45) is 0 Å². The molecule has 1 fully saturated rings. The summed E-state index contributed by atoms with van der Waals surface area (Å²) in [6.45, 7) is 1.52. The van der Waals surface area contributed by atoms with Gasteiger partial charge >= 0.3 is 0 Å². The Morgan fingerprint density at radius 1 is 1.28 bits per heavy atom. The number of imide groups is 1. The maximum atomic E-state index is 12.0. The second kappa shape index (κ2) is 4.99. The number of halogens is 2. The van der Waals surface area contributed by atoms with Gasteiger partial charge in [-0.25, -0.2) is 4.90 Å². The molecule has 0 radical (unpaired) electrons. The first-order valence-electron chi connectivity index (χ1n) is 5.11. The number of nitrogens with zero attached hydrogens (tertiary/aromatic N) is 1. The van der Waals surface area contributed by atoms with Gasteiger partial charge in [0.25, 0.3) is 0 Å². The standard InChI is InChI=1S/C11H9Cl2NO3S/c1-6-11(16)14(9(15)5-18(6)17)10-7(12)3-2-4-8(10)13/h2-4,6H,5H2,1H3/t6-,18+/m0/s1. The number of carbonyl (C=O) groups excluding carboxylic acids is 2. The first-order chi connectivity index (χ1) is 8.43. The van der Waals surface area contributed by atoms with E-state index in [0.29, 0.717) is 0 Å². The lowest BCUT2D eigenvalue weighted by Gasteiger charge is -2.29. The first kappa shape index (κ1) is 13.5. The molecule has 0 spiro atoms. The van der Waals surface area contributed by atoms with E-state index in [1.165, 1.54) is 6.92 Å². The Balaban J connectivity index is 2.53. The van der Waals surface area contributed by atoms with E-state index in [2.05, 4.69) is 0 Å². The molecule has 2 rings (SSSR count). The van der Waals surface area contributed by atoms with Crippen molar-refractivity contribution < 1.29 is 13.8 Å². The highest BCUT2D eigenvalue weighted by molar-refractivity contribution is 7.87. The number of hydrogen-bond acceptors (Lipinski definition) is 3. The van der Waals surface area contributed by atoms with E-state index >= 15 is 0 Å². The van der Waals surface area contributed by atoms with Gasteiger partial charge in [0, 0.05) is 10.8 Å². The summed E-state index contributed by atoms with van der Waals surface area (Å²) in [7, 11) is -1.48. The summed E-state index contributed by atoms with van der Waals surface area (Å²) in [5.41, 5.74) is 0.166. The molecule has 2 amide bonds. The molecule has 1 aliphatic heterocycles. The van der Waals surface area contributed by atoms with Crippen molar-refractivity contribution in [2.45, 2.75) is 12.2 Å². The van der Waals surface area contributed by atoms with Gasteiger partial charge in [0.2, 0.25) is 11.8 Å². The summed E-state index contributed by atoms with van der Waals surface area (Å²) in [4.78, 5) is 24.8. The number of hydrogen-bond donors (Lipinski definition) is 0. The monoisotopic (exact) mass is 305 g/mol. The van der Waals surface area contributed by atoms with E-state index in [9.17, 15) is 13.8 Å². The molecule has 0 aromatic heterocycles. The quantitative estimate of drug-likeness (QED) is 0.746. The molecule has 0 saturated carbocycles. The van der Waals surface area contributed by atoms with Crippen LogP contribution < -0.4 is 4.90 Å². The van der Waals surface area contributed by atoms with Gasteiger partial charge in [-0.1, -0.05) is 29.3 Å². The Hall–Kier alpha value is -0.910. The Morgan fingerprint density at radius 2 is 1.83 bits per heavy atom. The van der Waals surface area contributed by atoms with Gasteiger partial charge in [0.15, 0.2) is 0 Å². The Morgan fingerprint density at radius 3 is 2.39 bits per heavy atom. The third-order valence-electron chi connectivity index (χ3n) is 2.64. The normalized spacial score (nSPS) is 24.5. The molecule has 2 atom stereocenters. The number of amides is 2. The lowest BCUT2D eigenvalue weighted by Crippen LogP contribution is -2.52. The predicted octanol–water partition coefficient (Wildman–Crippen LogP) is 2.00. The highest BCUT2D eigenvalue weighted by Gasteiger charge is 2.39. The molecule has 18 heavy (non-hydrogen) atoms. The van der Waals surface area contributed by atoms with Crippen molar-refractivity contribution in [1.82, 2.24) is 0 Å².